The van der Waals surface area contributed by atoms with E-state index in [0.29, 0.717) is 11.1 Å². The number of esters is 2. The van der Waals surface area contributed by atoms with Crippen LogP contribution in [0.25, 0.3) is 0 Å². The molecule has 0 amide bonds. The minimum atomic E-state index is -1.08. The molecule has 0 aliphatic heterocycles. The number of carbonyl (C=O) groups excluding carboxylic acids is 2. The van der Waals surface area contributed by atoms with Gasteiger partial charge in [-0.2, -0.15) is 0 Å². The Morgan fingerprint density at radius 1 is 1.00 bits per heavy atom. The number of aryl methyl sites for hydroxylation is 2. The van der Waals surface area contributed by atoms with Gasteiger partial charge in [-0.1, -0.05) is 24.3 Å². The Labute approximate surface area is 131 Å². The number of nitrogen functional groups attached to an aromatic ring is 1. The zero-order chi connectivity index (χ0) is 17.1. The van der Waals surface area contributed by atoms with Crippen LogP contribution in [0, 0.1) is 24.0 Å². The molecule has 0 aliphatic carbocycles. The van der Waals surface area contributed by atoms with Crippen molar-refractivity contribution < 1.29 is 19.2 Å². The lowest BCUT2D eigenvalue weighted by atomic mass is 10.1. The molecule has 2 aromatic carbocycles. The number of carbonyl (C=O) groups is 2. The summed E-state index contributed by atoms with van der Waals surface area (Å²) in [5.74, 6) is -2.02. The van der Waals surface area contributed by atoms with E-state index in [1.807, 2.05) is 0 Å². The summed E-state index contributed by atoms with van der Waals surface area (Å²) in [6.07, 6.45) is 0. The summed E-state index contributed by atoms with van der Waals surface area (Å²) in [6, 6.07) is 8.96. The van der Waals surface area contributed by atoms with Crippen LogP contribution in [0.3, 0.4) is 0 Å². The summed E-state index contributed by atoms with van der Waals surface area (Å²) in [5.41, 5.74) is 6.18. The number of hydrogen-bond donors (Lipinski definition) is 1. The molecule has 0 saturated carbocycles. The quantitative estimate of drug-likeness (QED) is 0.306. The first kappa shape index (κ1) is 16.2. The van der Waals surface area contributed by atoms with Crippen molar-refractivity contribution >= 4 is 23.3 Å². The molecule has 0 aliphatic rings. The number of anilines is 1. The molecule has 0 saturated heterocycles. The van der Waals surface area contributed by atoms with E-state index >= 15 is 0 Å². The predicted molar refractivity (Wildman–Crippen MR) is 83.2 cm³/mol. The minimum Gasteiger partial charge on any atom is -0.398 e. The Morgan fingerprint density at radius 2 is 1.52 bits per heavy atom. The van der Waals surface area contributed by atoms with Crippen molar-refractivity contribution in [1.29, 1.82) is 0 Å². The maximum absolute atomic E-state index is 12.2. The highest BCUT2D eigenvalue weighted by Crippen LogP contribution is 2.24. The van der Waals surface area contributed by atoms with Gasteiger partial charge in [0.05, 0.1) is 10.5 Å². The second kappa shape index (κ2) is 6.27. The van der Waals surface area contributed by atoms with Gasteiger partial charge in [-0.05, 0) is 31.0 Å². The van der Waals surface area contributed by atoms with Gasteiger partial charge in [-0.3, -0.25) is 10.1 Å². The number of rotatable bonds is 3. The highest BCUT2D eigenvalue weighted by atomic mass is 16.6. The molecule has 0 bridgehead atoms. The van der Waals surface area contributed by atoms with Gasteiger partial charge in [-0.15, -0.1) is 0 Å². The fourth-order valence-corrected chi connectivity index (χ4v) is 2.23. The van der Waals surface area contributed by atoms with Crippen LogP contribution in [0.15, 0.2) is 36.4 Å². The van der Waals surface area contributed by atoms with E-state index < -0.39 is 22.5 Å². The van der Waals surface area contributed by atoms with Crippen molar-refractivity contribution in [3.05, 3.63) is 68.8 Å². The van der Waals surface area contributed by atoms with Gasteiger partial charge in [0.1, 0.15) is 5.56 Å². The number of ether oxygens (including phenoxy) is 1. The average Bonchev–Trinajstić information content (AvgIpc) is 2.46. The molecule has 7 heteroatoms. The molecule has 0 radical (unpaired) electrons. The molecule has 2 aromatic rings. The van der Waals surface area contributed by atoms with Gasteiger partial charge in [0, 0.05) is 11.8 Å². The van der Waals surface area contributed by atoms with Crippen molar-refractivity contribution in [1.82, 2.24) is 0 Å². The van der Waals surface area contributed by atoms with Crippen molar-refractivity contribution in [2.75, 3.05) is 5.73 Å². The molecule has 2 N–H and O–H groups in total. The third-order valence-electron chi connectivity index (χ3n) is 3.35. The normalized spacial score (nSPS) is 10.2. The van der Waals surface area contributed by atoms with E-state index in [-0.39, 0.29) is 16.8 Å². The summed E-state index contributed by atoms with van der Waals surface area (Å²) < 4.78 is 4.79. The zero-order valence-corrected chi connectivity index (χ0v) is 12.5. The third kappa shape index (κ3) is 3.18. The average molecular weight is 314 g/mol. The molecule has 0 spiro atoms. The number of nitrogens with two attached hydrogens (primary N) is 1. The molecule has 0 fully saturated rings. The first-order valence-corrected chi connectivity index (χ1v) is 6.68. The second-order valence-electron chi connectivity index (χ2n) is 4.94. The first-order valence-electron chi connectivity index (χ1n) is 6.68. The third-order valence-corrected chi connectivity index (χ3v) is 3.35. The molecular weight excluding hydrogens is 300 g/mol. The van der Waals surface area contributed by atoms with Gasteiger partial charge >= 0.3 is 11.9 Å². The highest BCUT2D eigenvalue weighted by molar-refractivity contribution is 6.07. The lowest BCUT2D eigenvalue weighted by molar-refractivity contribution is -0.385. The zero-order valence-electron chi connectivity index (χ0n) is 12.5. The van der Waals surface area contributed by atoms with Crippen LogP contribution in [-0.4, -0.2) is 16.9 Å². The predicted octanol–water partition coefficient (Wildman–Crippen LogP) is 2.79. The molecule has 0 heterocycles. The van der Waals surface area contributed by atoms with Gasteiger partial charge in [-0.25, -0.2) is 9.59 Å². The molecule has 118 valence electrons. The fraction of sp³-hybridized carbons (Fsp3) is 0.125. The van der Waals surface area contributed by atoms with Crippen LogP contribution < -0.4 is 5.73 Å². The SMILES string of the molecule is Cc1cccc(N)c1C(=O)OC(=O)c1c(C)cccc1[N+](=O)[O-]. The van der Waals surface area contributed by atoms with Crippen LogP contribution in [0.2, 0.25) is 0 Å². The van der Waals surface area contributed by atoms with Gasteiger partial charge in [0.15, 0.2) is 0 Å². The molecule has 7 nitrogen and oxygen atoms in total. The molecule has 0 atom stereocenters. The smallest absolute Gasteiger partial charge is 0.353 e. The Morgan fingerprint density at radius 3 is 2.09 bits per heavy atom. The Kier molecular flexibility index (Phi) is 4.40. The highest BCUT2D eigenvalue weighted by Gasteiger charge is 2.27. The number of nitro benzene ring substituents is 1. The first-order chi connectivity index (χ1) is 10.8. The van der Waals surface area contributed by atoms with E-state index in [2.05, 4.69) is 0 Å². The molecule has 0 aromatic heterocycles. The van der Waals surface area contributed by atoms with E-state index in [4.69, 9.17) is 10.5 Å². The lowest BCUT2D eigenvalue weighted by Gasteiger charge is -2.09. The molecular formula is C16H14N2O5. The van der Waals surface area contributed by atoms with Crippen LogP contribution in [0.5, 0.6) is 0 Å². The largest absolute Gasteiger partial charge is 0.398 e. The second-order valence-corrected chi connectivity index (χ2v) is 4.94. The topological polar surface area (TPSA) is 113 Å². The maximum Gasteiger partial charge on any atom is 0.353 e. The van der Waals surface area contributed by atoms with Gasteiger partial charge in [0.25, 0.3) is 5.69 Å². The van der Waals surface area contributed by atoms with Crippen molar-refractivity contribution in [3.8, 4) is 0 Å². The summed E-state index contributed by atoms with van der Waals surface area (Å²) in [6.45, 7) is 3.17. The minimum absolute atomic E-state index is 0.0667. The van der Waals surface area contributed by atoms with Crippen LogP contribution >= 0.6 is 0 Å². The standard InChI is InChI=1S/C16H14N2O5/c1-9-5-3-7-11(17)13(9)15(19)23-16(20)14-10(2)6-4-8-12(14)18(21)22/h3-8H,17H2,1-2H3. The van der Waals surface area contributed by atoms with E-state index in [1.165, 1.54) is 31.2 Å². The lowest BCUT2D eigenvalue weighted by Crippen LogP contribution is -2.17. The number of benzene rings is 2. The Balaban J connectivity index is 2.37. The van der Waals surface area contributed by atoms with Gasteiger partial charge < -0.3 is 10.5 Å². The summed E-state index contributed by atoms with van der Waals surface area (Å²) in [7, 11) is 0. The van der Waals surface area contributed by atoms with Crippen molar-refractivity contribution in [2.45, 2.75) is 13.8 Å². The van der Waals surface area contributed by atoms with E-state index in [9.17, 15) is 19.7 Å². The van der Waals surface area contributed by atoms with E-state index in [1.54, 1.807) is 19.1 Å². The summed E-state index contributed by atoms with van der Waals surface area (Å²) >= 11 is 0. The molecule has 0 unspecified atom stereocenters. The Bertz CT molecular complexity index is 794. The number of nitro groups is 1. The fourth-order valence-electron chi connectivity index (χ4n) is 2.23. The maximum atomic E-state index is 12.2. The molecule has 2 rings (SSSR count). The number of hydrogen-bond acceptors (Lipinski definition) is 6. The van der Waals surface area contributed by atoms with Crippen LogP contribution in [0.1, 0.15) is 31.8 Å². The van der Waals surface area contributed by atoms with E-state index in [0.717, 1.165) is 0 Å². The number of nitrogens with zero attached hydrogens (tertiary/aromatic N) is 1. The Hall–Kier alpha value is -3.22. The van der Waals surface area contributed by atoms with Crippen molar-refractivity contribution in [2.24, 2.45) is 0 Å². The van der Waals surface area contributed by atoms with Gasteiger partial charge in [0.2, 0.25) is 0 Å². The summed E-state index contributed by atoms with van der Waals surface area (Å²) in [5, 5.41) is 11.0. The van der Waals surface area contributed by atoms with Crippen molar-refractivity contribution in [3.63, 3.8) is 0 Å². The van der Waals surface area contributed by atoms with Crippen LogP contribution in [-0.2, 0) is 4.74 Å². The van der Waals surface area contributed by atoms with Crippen LogP contribution in [0.4, 0.5) is 11.4 Å². The summed E-state index contributed by atoms with van der Waals surface area (Å²) in [4.78, 5) is 34.7. The monoisotopic (exact) mass is 314 g/mol. The molecule has 23 heavy (non-hydrogen) atoms.